The third kappa shape index (κ3) is 5.41. The predicted octanol–water partition coefficient (Wildman–Crippen LogP) is 2.02. The highest BCUT2D eigenvalue weighted by atomic mass is 16.3. The number of ketones is 1. The Morgan fingerprint density at radius 3 is 2.18 bits per heavy atom. The van der Waals surface area contributed by atoms with Gasteiger partial charge < -0.3 is 15.7 Å². The molecule has 6 heteroatoms. The number of hydrogen-bond acceptors (Lipinski definition) is 4. The molecule has 3 N–H and O–H groups in total. The van der Waals surface area contributed by atoms with Gasteiger partial charge in [-0.3, -0.25) is 14.4 Å². The number of amides is 2. The molecule has 5 atom stereocenters. The number of hydrogen-bond donors (Lipinski definition) is 3. The molecule has 6 nitrogen and oxygen atoms in total. The van der Waals surface area contributed by atoms with Crippen LogP contribution in [0.5, 0.6) is 0 Å². The van der Waals surface area contributed by atoms with Crippen molar-refractivity contribution in [2.45, 2.75) is 65.1 Å². The summed E-state index contributed by atoms with van der Waals surface area (Å²) in [5, 5.41) is 16.5. The lowest BCUT2D eigenvalue weighted by molar-refractivity contribution is -0.130. The molecule has 28 heavy (non-hydrogen) atoms. The van der Waals surface area contributed by atoms with Crippen molar-refractivity contribution >= 4 is 17.6 Å². The van der Waals surface area contributed by atoms with Gasteiger partial charge in [-0.25, -0.2) is 0 Å². The van der Waals surface area contributed by atoms with E-state index in [0.717, 1.165) is 5.56 Å². The Labute approximate surface area is 167 Å². The van der Waals surface area contributed by atoms with Crippen molar-refractivity contribution in [1.82, 2.24) is 10.6 Å². The van der Waals surface area contributed by atoms with E-state index in [9.17, 15) is 19.5 Å². The van der Waals surface area contributed by atoms with Crippen LogP contribution in [-0.2, 0) is 14.4 Å². The molecule has 2 rings (SSSR count). The Bertz CT molecular complexity index is 702. The molecule has 1 aromatic rings. The second-order valence-electron chi connectivity index (χ2n) is 8.47. The zero-order valence-corrected chi connectivity index (χ0v) is 17.3. The summed E-state index contributed by atoms with van der Waals surface area (Å²) < 4.78 is 0. The first-order chi connectivity index (χ1) is 13.1. The summed E-state index contributed by atoms with van der Waals surface area (Å²) >= 11 is 0. The van der Waals surface area contributed by atoms with E-state index < -0.39 is 24.1 Å². The van der Waals surface area contributed by atoms with Gasteiger partial charge in [0.05, 0.1) is 24.0 Å². The Morgan fingerprint density at radius 2 is 1.68 bits per heavy atom. The average molecular weight is 389 g/mol. The topological polar surface area (TPSA) is 95.5 Å². The smallest absolute Gasteiger partial charge is 0.242 e. The Morgan fingerprint density at radius 1 is 1.07 bits per heavy atom. The van der Waals surface area contributed by atoms with Gasteiger partial charge in [-0.15, -0.1) is 0 Å². The second-order valence-corrected chi connectivity index (χ2v) is 8.47. The minimum Gasteiger partial charge on any atom is -0.390 e. The van der Waals surface area contributed by atoms with Gasteiger partial charge in [-0.2, -0.15) is 0 Å². The molecule has 1 aliphatic carbocycles. The minimum absolute atomic E-state index is 0.000750. The molecule has 2 unspecified atom stereocenters. The van der Waals surface area contributed by atoms with Crippen molar-refractivity contribution in [2.24, 2.45) is 17.8 Å². The Kier molecular flexibility index (Phi) is 7.35. The number of aliphatic hydroxyl groups excluding tert-OH is 1. The summed E-state index contributed by atoms with van der Waals surface area (Å²) in [6, 6.07) is 8.16. The summed E-state index contributed by atoms with van der Waals surface area (Å²) in [5.41, 5.74) is 0.890. The third-order valence-corrected chi connectivity index (χ3v) is 5.21. The summed E-state index contributed by atoms with van der Waals surface area (Å²) in [4.78, 5) is 36.6. The number of nitrogens with one attached hydrogen (secondary N) is 2. The summed E-state index contributed by atoms with van der Waals surface area (Å²) in [7, 11) is 0. The van der Waals surface area contributed by atoms with Crippen LogP contribution in [0.3, 0.4) is 0 Å². The predicted molar refractivity (Wildman–Crippen MR) is 108 cm³/mol. The van der Waals surface area contributed by atoms with Crippen LogP contribution in [0, 0.1) is 17.8 Å². The molecule has 0 spiro atoms. The highest BCUT2D eigenvalue weighted by Crippen LogP contribution is 2.46. The van der Waals surface area contributed by atoms with Gasteiger partial charge in [0.2, 0.25) is 11.8 Å². The lowest BCUT2D eigenvalue weighted by atomic mass is 9.92. The molecule has 2 amide bonds. The quantitative estimate of drug-likeness (QED) is 0.603. The molecule has 0 bridgehead atoms. The monoisotopic (exact) mass is 388 g/mol. The van der Waals surface area contributed by atoms with Crippen molar-refractivity contribution in [1.29, 1.82) is 0 Å². The van der Waals surface area contributed by atoms with Gasteiger partial charge in [0.25, 0.3) is 0 Å². The molecule has 0 heterocycles. The average Bonchev–Trinajstić information content (AvgIpc) is 3.29. The molecule has 1 saturated carbocycles. The van der Waals surface area contributed by atoms with Gasteiger partial charge in [-0.1, -0.05) is 58.0 Å². The fourth-order valence-corrected chi connectivity index (χ4v) is 3.74. The first-order valence-corrected chi connectivity index (χ1v) is 9.97. The first-order valence-electron chi connectivity index (χ1n) is 9.97. The van der Waals surface area contributed by atoms with E-state index in [1.807, 2.05) is 58.0 Å². The van der Waals surface area contributed by atoms with Crippen LogP contribution in [0.15, 0.2) is 30.3 Å². The second kappa shape index (κ2) is 9.32. The normalized spacial score (nSPS) is 21.9. The van der Waals surface area contributed by atoms with Crippen LogP contribution >= 0.6 is 0 Å². The zero-order valence-electron chi connectivity index (χ0n) is 17.3. The number of rotatable bonds is 9. The number of carbonyl (C=O) groups is 3. The van der Waals surface area contributed by atoms with Gasteiger partial charge in [0, 0.05) is 6.92 Å². The summed E-state index contributed by atoms with van der Waals surface area (Å²) in [5.74, 6) is -1.29. The maximum absolute atomic E-state index is 12.8. The maximum Gasteiger partial charge on any atom is 0.242 e. The SMILES string of the molecule is CC(=O)N[C@@H](CC(C)C)C(=O)N[C@@H](C(C)C)[C@@H](O)C1C(=O)C1c1ccccc1. The van der Waals surface area contributed by atoms with Crippen LogP contribution < -0.4 is 10.6 Å². The van der Waals surface area contributed by atoms with E-state index in [1.54, 1.807) is 0 Å². The highest BCUT2D eigenvalue weighted by molar-refractivity contribution is 6.05. The molecule has 0 saturated heterocycles. The van der Waals surface area contributed by atoms with Crippen molar-refractivity contribution < 1.29 is 19.5 Å². The highest BCUT2D eigenvalue weighted by Gasteiger charge is 2.56. The van der Waals surface area contributed by atoms with E-state index in [-0.39, 0.29) is 35.4 Å². The lowest BCUT2D eigenvalue weighted by Crippen LogP contribution is -2.54. The molecule has 0 radical (unpaired) electrons. The summed E-state index contributed by atoms with van der Waals surface area (Å²) in [6.07, 6.45) is -0.472. The number of carbonyl (C=O) groups excluding carboxylic acids is 3. The fourth-order valence-electron chi connectivity index (χ4n) is 3.74. The number of benzene rings is 1. The standard InChI is InChI=1S/C22H32N2O4/c1-12(2)11-16(23-14(5)25)22(28)24-19(13(3)4)21(27)18-17(20(18)26)15-9-7-6-8-10-15/h6-10,12-13,16-19,21,27H,11H2,1-5H3,(H,23,25)(H,24,28)/t16-,17?,18?,19-,21-/m0/s1. The molecule has 1 aliphatic rings. The zero-order chi connectivity index (χ0) is 21.0. The van der Waals surface area contributed by atoms with E-state index in [1.165, 1.54) is 6.92 Å². The van der Waals surface area contributed by atoms with Crippen LogP contribution in [0.25, 0.3) is 0 Å². The van der Waals surface area contributed by atoms with Gasteiger partial charge in [-0.05, 0) is 23.8 Å². The van der Waals surface area contributed by atoms with Crippen LogP contribution in [0.1, 0.15) is 52.5 Å². The Hall–Kier alpha value is -2.21. The van der Waals surface area contributed by atoms with E-state index in [2.05, 4.69) is 10.6 Å². The molecule has 1 aromatic carbocycles. The van der Waals surface area contributed by atoms with Crippen molar-refractivity contribution in [3.63, 3.8) is 0 Å². The van der Waals surface area contributed by atoms with E-state index >= 15 is 0 Å². The molecular formula is C22H32N2O4. The van der Waals surface area contributed by atoms with Crippen LogP contribution in [0.2, 0.25) is 0 Å². The van der Waals surface area contributed by atoms with Gasteiger partial charge in [0.1, 0.15) is 11.8 Å². The third-order valence-electron chi connectivity index (χ3n) is 5.21. The molecule has 154 valence electrons. The van der Waals surface area contributed by atoms with Crippen molar-refractivity contribution in [2.75, 3.05) is 0 Å². The first kappa shape index (κ1) is 22.1. The molecule has 0 aliphatic heterocycles. The lowest BCUT2D eigenvalue weighted by Gasteiger charge is -2.30. The van der Waals surface area contributed by atoms with Crippen LogP contribution in [-0.4, -0.2) is 40.9 Å². The maximum atomic E-state index is 12.8. The summed E-state index contributed by atoms with van der Waals surface area (Å²) in [6.45, 7) is 9.12. The number of Topliss-reactive ketones (excluding diaryl/α,β-unsaturated/α-hetero) is 1. The van der Waals surface area contributed by atoms with Gasteiger partial charge in [0.15, 0.2) is 0 Å². The van der Waals surface area contributed by atoms with Crippen molar-refractivity contribution in [3.8, 4) is 0 Å². The van der Waals surface area contributed by atoms with E-state index in [0.29, 0.717) is 6.42 Å². The molecule has 1 fully saturated rings. The van der Waals surface area contributed by atoms with Crippen LogP contribution in [0.4, 0.5) is 0 Å². The Balaban J connectivity index is 2.10. The molecular weight excluding hydrogens is 356 g/mol. The van der Waals surface area contributed by atoms with Crippen molar-refractivity contribution in [3.05, 3.63) is 35.9 Å². The number of aliphatic hydroxyl groups is 1. The minimum atomic E-state index is -0.973. The van der Waals surface area contributed by atoms with Gasteiger partial charge >= 0.3 is 0 Å². The fraction of sp³-hybridized carbons (Fsp3) is 0.591. The molecule has 0 aromatic heterocycles. The largest absolute Gasteiger partial charge is 0.390 e. The van der Waals surface area contributed by atoms with E-state index in [4.69, 9.17) is 0 Å².